The van der Waals surface area contributed by atoms with E-state index in [2.05, 4.69) is 15.9 Å². The van der Waals surface area contributed by atoms with E-state index in [4.69, 9.17) is 4.74 Å². The maximum atomic E-state index is 14.2. The van der Waals surface area contributed by atoms with E-state index in [9.17, 15) is 4.39 Å². The van der Waals surface area contributed by atoms with Crippen LogP contribution in [0, 0.1) is 5.82 Å². The molecule has 0 bridgehead atoms. The van der Waals surface area contributed by atoms with Crippen molar-refractivity contribution in [2.24, 2.45) is 0 Å². The molecular weight excluding hydrogens is 273 g/mol. The molecule has 88 valence electrons. The molecule has 16 heavy (non-hydrogen) atoms. The second kappa shape index (κ2) is 5.15. The summed E-state index contributed by atoms with van der Waals surface area (Å²) in [7, 11) is 0. The molecule has 0 aliphatic carbocycles. The van der Waals surface area contributed by atoms with Gasteiger partial charge in [-0.2, -0.15) is 0 Å². The highest BCUT2D eigenvalue weighted by Crippen LogP contribution is 2.30. The minimum Gasteiger partial charge on any atom is -0.378 e. The van der Waals surface area contributed by atoms with E-state index < -0.39 is 0 Å². The summed E-state index contributed by atoms with van der Waals surface area (Å²) in [4.78, 5) is 2.08. The molecule has 1 aromatic rings. The van der Waals surface area contributed by atoms with E-state index in [-0.39, 0.29) is 10.6 Å². The quantitative estimate of drug-likeness (QED) is 0.775. The molecule has 0 aromatic heterocycles. The summed E-state index contributed by atoms with van der Waals surface area (Å²) in [5.74, 6) is -0.117. The Labute approximate surface area is 104 Å². The van der Waals surface area contributed by atoms with Crippen LogP contribution in [0.3, 0.4) is 0 Å². The van der Waals surface area contributed by atoms with Gasteiger partial charge in [-0.05, 0) is 13.0 Å². The first kappa shape index (κ1) is 11.9. The van der Waals surface area contributed by atoms with Gasteiger partial charge in [-0.3, -0.25) is 0 Å². The third kappa shape index (κ3) is 2.38. The van der Waals surface area contributed by atoms with Crippen LogP contribution in [-0.4, -0.2) is 26.3 Å². The predicted octanol–water partition coefficient (Wildman–Crippen LogP) is 3.12. The summed E-state index contributed by atoms with van der Waals surface area (Å²) in [6.07, 6.45) is 0. The van der Waals surface area contributed by atoms with Gasteiger partial charge in [0, 0.05) is 23.5 Å². The van der Waals surface area contributed by atoms with Crippen molar-refractivity contribution in [1.82, 2.24) is 0 Å². The zero-order valence-corrected chi connectivity index (χ0v) is 10.8. The second-order valence-corrected chi connectivity index (χ2v) is 5.27. The maximum absolute atomic E-state index is 14.2. The van der Waals surface area contributed by atoms with Crippen LogP contribution in [0.1, 0.15) is 17.3 Å². The summed E-state index contributed by atoms with van der Waals surface area (Å²) >= 11 is 3.41. The number of hydrogen-bond acceptors (Lipinski definition) is 2. The Morgan fingerprint density at radius 2 is 2.06 bits per heavy atom. The Kier molecular flexibility index (Phi) is 3.82. The van der Waals surface area contributed by atoms with E-state index in [1.54, 1.807) is 0 Å². The van der Waals surface area contributed by atoms with Gasteiger partial charge in [-0.25, -0.2) is 4.39 Å². The first-order chi connectivity index (χ1) is 7.70. The maximum Gasteiger partial charge on any atom is 0.150 e. The smallest absolute Gasteiger partial charge is 0.150 e. The zero-order chi connectivity index (χ0) is 11.5. The Morgan fingerprint density at radius 3 is 2.69 bits per heavy atom. The van der Waals surface area contributed by atoms with Crippen LogP contribution in [-0.2, 0) is 4.74 Å². The molecule has 1 aliphatic heterocycles. The minimum atomic E-state index is -0.117. The zero-order valence-electron chi connectivity index (χ0n) is 9.25. The van der Waals surface area contributed by atoms with Gasteiger partial charge in [-0.1, -0.05) is 28.1 Å². The number of ether oxygens (including phenoxy) is 1. The van der Waals surface area contributed by atoms with Crippen molar-refractivity contribution in [3.05, 3.63) is 29.6 Å². The molecule has 1 heterocycles. The van der Waals surface area contributed by atoms with Crippen molar-refractivity contribution in [3.8, 4) is 0 Å². The average molecular weight is 288 g/mol. The van der Waals surface area contributed by atoms with Gasteiger partial charge in [0.2, 0.25) is 0 Å². The van der Waals surface area contributed by atoms with Crippen LogP contribution in [0.4, 0.5) is 10.1 Å². The van der Waals surface area contributed by atoms with Crippen molar-refractivity contribution in [3.63, 3.8) is 0 Å². The van der Waals surface area contributed by atoms with Gasteiger partial charge in [0.05, 0.1) is 18.9 Å². The van der Waals surface area contributed by atoms with Gasteiger partial charge >= 0.3 is 0 Å². The summed E-state index contributed by atoms with van der Waals surface area (Å²) < 4.78 is 19.5. The summed E-state index contributed by atoms with van der Waals surface area (Å²) in [6.45, 7) is 4.80. The highest BCUT2D eigenvalue weighted by Gasteiger charge is 2.18. The number of rotatable bonds is 2. The molecule has 2 nitrogen and oxygen atoms in total. The average Bonchev–Trinajstić information content (AvgIpc) is 2.30. The van der Waals surface area contributed by atoms with E-state index in [1.165, 1.54) is 0 Å². The van der Waals surface area contributed by atoms with E-state index >= 15 is 0 Å². The molecule has 0 spiro atoms. The monoisotopic (exact) mass is 287 g/mol. The Morgan fingerprint density at radius 1 is 1.38 bits per heavy atom. The molecule has 1 fully saturated rings. The lowest BCUT2D eigenvalue weighted by atomic mass is 10.1. The Hall–Kier alpha value is -0.610. The third-order valence-electron chi connectivity index (χ3n) is 2.79. The molecule has 1 atom stereocenters. The van der Waals surface area contributed by atoms with Crippen molar-refractivity contribution >= 4 is 21.6 Å². The molecular formula is C12H15BrFNO. The molecule has 1 aromatic carbocycles. The largest absolute Gasteiger partial charge is 0.378 e. The highest BCUT2D eigenvalue weighted by atomic mass is 79.9. The Bertz CT molecular complexity index is 364. The summed E-state index contributed by atoms with van der Waals surface area (Å²) in [5, 5.41) is 0. The highest BCUT2D eigenvalue weighted by molar-refractivity contribution is 9.09. The van der Waals surface area contributed by atoms with Gasteiger partial charge < -0.3 is 9.64 Å². The molecule has 0 N–H and O–H groups in total. The van der Waals surface area contributed by atoms with Crippen molar-refractivity contribution in [2.75, 3.05) is 31.2 Å². The molecule has 0 saturated carbocycles. The second-order valence-electron chi connectivity index (χ2n) is 3.90. The normalized spacial score (nSPS) is 18.6. The first-order valence-electron chi connectivity index (χ1n) is 5.45. The van der Waals surface area contributed by atoms with Gasteiger partial charge in [0.1, 0.15) is 0 Å². The van der Waals surface area contributed by atoms with Crippen LogP contribution in [0.25, 0.3) is 0 Å². The minimum absolute atomic E-state index is 0.0356. The number of halogens is 2. The number of anilines is 1. The molecule has 2 rings (SSSR count). The Balaban J connectivity index is 2.29. The van der Waals surface area contributed by atoms with Crippen molar-refractivity contribution < 1.29 is 9.13 Å². The van der Waals surface area contributed by atoms with Crippen LogP contribution in [0.2, 0.25) is 0 Å². The molecule has 1 aliphatic rings. The number of benzene rings is 1. The molecule has 0 radical (unpaired) electrons. The molecule has 1 saturated heterocycles. The van der Waals surface area contributed by atoms with Gasteiger partial charge in [-0.15, -0.1) is 0 Å². The van der Waals surface area contributed by atoms with Crippen LogP contribution < -0.4 is 4.90 Å². The van der Waals surface area contributed by atoms with Crippen molar-refractivity contribution in [2.45, 2.75) is 11.8 Å². The van der Waals surface area contributed by atoms with Crippen LogP contribution in [0.15, 0.2) is 18.2 Å². The van der Waals surface area contributed by atoms with E-state index in [1.807, 2.05) is 30.0 Å². The topological polar surface area (TPSA) is 12.5 Å². The third-order valence-corrected chi connectivity index (χ3v) is 3.28. The number of hydrogen-bond donors (Lipinski definition) is 0. The molecule has 1 unspecified atom stereocenters. The van der Waals surface area contributed by atoms with Gasteiger partial charge in [0.25, 0.3) is 0 Å². The SMILES string of the molecule is CC(Br)c1cccc(N2CCOCC2)c1F. The summed E-state index contributed by atoms with van der Waals surface area (Å²) in [6, 6.07) is 5.55. The van der Waals surface area contributed by atoms with Crippen LogP contribution >= 0.6 is 15.9 Å². The molecule has 4 heteroatoms. The lowest BCUT2D eigenvalue weighted by Gasteiger charge is -2.29. The lowest BCUT2D eigenvalue weighted by Crippen LogP contribution is -2.36. The fourth-order valence-electron chi connectivity index (χ4n) is 1.89. The van der Waals surface area contributed by atoms with E-state index in [0.29, 0.717) is 24.5 Å². The predicted molar refractivity (Wildman–Crippen MR) is 66.8 cm³/mol. The fraction of sp³-hybridized carbons (Fsp3) is 0.500. The fourth-order valence-corrected chi connectivity index (χ4v) is 2.25. The van der Waals surface area contributed by atoms with E-state index in [0.717, 1.165) is 13.1 Å². The number of morpholine rings is 1. The van der Waals surface area contributed by atoms with Gasteiger partial charge in [0.15, 0.2) is 5.82 Å². The van der Waals surface area contributed by atoms with Crippen molar-refractivity contribution in [1.29, 1.82) is 0 Å². The lowest BCUT2D eigenvalue weighted by molar-refractivity contribution is 0.122. The number of alkyl halides is 1. The van der Waals surface area contributed by atoms with Crippen LogP contribution in [0.5, 0.6) is 0 Å². The first-order valence-corrected chi connectivity index (χ1v) is 6.37. The molecule has 0 amide bonds. The standard InChI is InChI=1S/C12H15BrFNO/c1-9(13)10-3-2-4-11(12(10)14)15-5-7-16-8-6-15/h2-4,9H,5-8H2,1H3. The number of nitrogens with zero attached hydrogens (tertiary/aromatic N) is 1. The summed E-state index contributed by atoms with van der Waals surface area (Å²) in [5.41, 5.74) is 1.40.